The first kappa shape index (κ1) is 27.1. The summed E-state index contributed by atoms with van der Waals surface area (Å²) in [5.41, 5.74) is 0.861. The Morgan fingerprint density at radius 3 is 0.667 bits per heavy atom. The third-order valence-electron chi connectivity index (χ3n) is 2.88. The first-order chi connectivity index (χ1) is 7.97. The molecule has 0 aromatic carbocycles. The van der Waals surface area contributed by atoms with E-state index in [0.29, 0.717) is 0 Å². The summed E-state index contributed by atoms with van der Waals surface area (Å²) in [7, 11) is 0. The van der Waals surface area contributed by atoms with Gasteiger partial charge in [0.15, 0.2) is 0 Å². The van der Waals surface area contributed by atoms with Crippen LogP contribution in [0.5, 0.6) is 0 Å². The minimum absolute atomic E-state index is 0. The van der Waals surface area contributed by atoms with Crippen molar-refractivity contribution in [1.29, 1.82) is 0 Å². The van der Waals surface area contributed by atoms with Crippen molar-refractivity contribution in [2.24, 2.45) is 0 Å². The maximum absolute atomic E-state index is 2.72. The summed E-state index contributed by atoms with van der Waals surface area (Å²) in [5.74, 6) is 0. The zero-order valence-electron chi connectivity index (χ0n) is 16.2. The Morgan fingerprint density at radius 2 is 0.571 bits per heavy atom. The van der Waals surface area contributed by atoms with E-state index >= 15 is 0 Å². The standard InChI is InChI=1S/2C8H18N.2ClH.Ti/c2*1-7(2,3)9-8(4,5)6;;;/h2*1-6H3;2*1H;/q2*-1;;;+4/p-2. The molecule has 0 unspecified atom stereocenters. The summed E-state index contributed by atoms with van der Waals surface area (Å²) in [6.45, 7) is 28.1. The molecule has 0 N–H and O–H groups in total. The van der Waals surface area contributed by atoms with Crippen molar-refractivity contribution in [1.82, 2.24) is 6.76 Å². The molecule has 0 saturated carbocycles. The van der Waals surface area contributed by atoms with Gasteiger partial charge < -0.3 is 24.8 Å². The van der Waals surface area contributed by atoms with E-state index in [1.165, 1.54) is 0 Å². The van der Waals surface area contributed by atoms with Gasteiger partial charge in [-0.05, 0) is 0 Å². The maximum Gasteiger partial charge on any atom is -1.00 e. The Bertz CT molecular complexity index is 235. The van der Waals surface area contributed by atoms with Crippen molar-refractivity contribution in [3.05, 3.63) is 0 Å². The van der Waals surface area contributed by atoms with E-state index in [1.807, 2.05) is 0 Å². The third kappa shape index (κ3) is 9.18. The molecule has 0 rings (SSSR count). The first-order valence-corrected chi connectivity index (χ1v) is 8.74. The van der Waals surface area contributed by atoms with E-state index in [0.717, 1.165) is 0 Å². The van der Waals surface area contributed by atoms with Gasteiger partial charge in [-0.3, -0.25) is 0 Å². The molecule has 2 nitrogen and oxygen atoms in total. The van der Waals surface area contributed by atoms with Crippen LogP contribution in [0.2, 0.25) is 0 Å². The molecule has 0 heterocycles. The molecule has 0 atom stereocenters. The summed E-state index contributed by atoms with van der Waals surface area (Å²) < 4.78 is 5.44. The molecular formula is C16H36Cl2N2Ti. The number of rotatable bonds is 2. The molecule has 128 valence electrons. The number of halogens is 2. The van der Waals surface area contributed by atoms with Gasteiger partial charge in [0.05, 0.1) is 0 Å². The van der Waals surface area contributed by atoms with Crippen molar-refractivity contribution < 1.29 is 44.5 Å². The topological polar surface area (TPSA) is 6.48 Å². The molecule has 21 heavy (non-hydrogen) atoms. The van der Waals surface area contributed by atoms with Gasteiger partial charge in [-0.15, -0.1) is 0 Å². The average Bonchev–Trinajstić information content (AvgIpc) is 1.91. The summed E-state index contributed by atoms with van der Waals surface area (Å²) in [6, 6.07) is 0. The van der Waals surface area contributed by atoms with Crippen LogP contribution in [0.1, 0.15) is 83.1 Å². The largest absolute Gasteiger partial charge is 1.00 e. The molecular weight excluding hydrogens is 339 g/mol. The van der Waals surface area contributed by atoms with Gasteiger partial charge in [0.25, 0.3) is 0 Å². The van der Waals surface area contributed by atoms with Crippen molar-refractivity contribution >= 4 is 0 Å². The Hall–Kier alpha value is 1.21. The smallest absolute Gasteiger partial charge is 1.00 e. The average molecular weight is 375 g/mol. The Morgan fingerprint density at radius 1 is 0.429 bits per heavy atom. The van der Waals surface area contributed by atoms with Crippen LogP contribution < -0.4 is 24.8 Å². The normalized spacial score (nSPS) is 13.6. The molecule has 0 aliphatic carbocycles. The molecule has 0 aliphatic heterocycles. The molecule has 0 radical (unpaired) electrons. The summed E-state index contributed by atoms with van der Waals surface area (Å²) in [6.07, 6.45) is 0. The molecule has 0 aromatic rings. The van der Waals surface area contributed by atoms with E-state index in [2.05, 4.69) is 89.8 Å². The van der Waals surface area contributed by atoms with Crippen molar-refractivity contribution in [2.75, 3.05) is 0 Å². The Labute approximate surface area is 156 Å². The zero-order chi connectivity index (χ0) is 15.9. The maximum atomic E-state index is 2.72. The van der Waals surface area contributed by atoms with E-state index in [9.17, 15) is 0 Å². The zero-order valence-corrected chi connectivity index (χ0v) is 19.2. The monoisotopic (exact) mass is 374 g/mol. The number of hydrogen-bond acceptors (Lipinski definition) is 2. The van der Waals surface area contributed by atoms with Gasteiger partial charge in [-0.2, -0.15) is 0 Å². The van der Waals surface area contributed by atoms with E-state index < -0.39 is 0 Å². The minimum atomic E-state index is -0.361. The van der Waals surface area contributed by atoms with Crippen molar-refractivity contribution in [3.8, 4) is 0 Å². The van der Waals surface area contributed by atoms with Gasteiger partial charge in [-0.1, -0.05) is 0 Å². The van der Waals surface area contributed by atoms with Crippen LogP contribution in [-0.4, -0.2) is 28.9 Å². The molecule has 0 saturated heterocycles. The van der Waals surface area contributed by atoms with Crippen LogP contribution in [0.25, 0.3) is 0 Å². The fraction of sp³-hybridized carbons (Fsp3) is 1.00. The van der Waals surface area contributed by atoms with Crippen molar-refractivity contribution in [3.63, 3.8) is 0 Å². The fourth-order valence-corrected chi connectivity index (χ4v) is 4.90. The Kier molecular flexibility index (Phi) is 10.8. The predicted molar refractivity (Wildman–Crippen MR) is 82.7 cm³/mol. The van der Waals surface area contributed by atoms with Crippen LogP contribution >= 0.6 is 0 Å². The van der Waals surface area contributed by atoms with Crippen LogP contribution in [-0.2, 0) is 19.7 Å². The van der Waals surface area contributed by atoms with Gasteiger partial charge >= 0.3 is 132 Å². The van der Waals surface area contributed by atoms with Gasteiger partial charge in [0.1, 0.15) is 0 Å². The summed E-state index contributed by atoms with van der Waals surface area (Å²) in [5, 5.41) is 0. The predicted octanol–water partition coefficient (Wildman–Crippen LogP) is -1.30. The van der Waals surface area contributed by atoms with Crippen LogP contribution in [0, 0.1) is 0 Å². The van der Waals surface area contributed by atoms with Gasteiger partial charge in [0.2, 0.25) is 0 Å². The van der Waals surface area contributed by atoms with Crippen LogP contribution in [0.15, 0.2) is 0 Å². The fourth-order valence-electron chi connectivity index (χ4n) is 2.71. The van der Waals surface area contributed by atoms with E-state index in [-0.39, 0.29) is 66.6 Å². The quantitative estimate of drug-likeness (QED) is 0.554. The molecule has 0 amide bonds. The second-order valence-corrected chi connectivity index (χ2v) is 11.2. The SMILES string of the molecule is CC(C)(C)[N]([Ti+2][N](C(C)(C)C)C(C)(C)C)C(C)(C)C.[Cl-].[Cl-]. The summed E-state index contributed by atoms with van der Waals surface area (Å²) in [4.78, 5) is 0. The van der Waals surface area contributed by atoms with Crippen LogP contribution in [0.3, 0.4) is 0 Å². The van der Waals surface area contributed by atoms with Crippen molar-refractivity contribution in [2.45, 2.75) is 105 Å². The second kappa shape index (κ2) is 8.35. The molecule has 0 aliphatic rings. The number of hydrogen-bond donors (Lipinski definition) is 0. The number of nitrogens with zero attached hydrogens (tertiary/aromatic N) is 2. The van der Waals surface area contributed by atoms with Gasteiger partial charge in [-0.25, -0.2) is 0 Å². The van der Waals surface area contributed by atoms with E-state index in [1.54, 1.807) is 0 Å². The molecule has 0 aromatic heterocycles. The molecule has 0 bridgehead atoms. The molecule has 5 heteroatoms. The second-order valence-electron chi connectivity index (χ2n) is 9.45. The van der Waals surface area contributed by atoms with E-state index in [4.69, 9.17) is 0 Å². The van der Waals surface area contributed by atoms with Gasteiger partial charge in [0, 0.05) is 0 Å². The molecule has 0 spiro atoms. The Balaban J connectivity index is -0.00000162. The minimum Gasteiger partial charge on any atom is -1.00 e. The first-order valence-electron chi connectivity index (χ1n) is 7.34. The third-order valence-corrected chi connectivity index (χ3v) is 7.70. The van der Waals surface area contributed by atoms with Crippen LogP contribution in [0.4, 0.5) is 0 Å². The summed E-state index contributed by atoms with van der Waals surface area (Å²) >= 11 is -0.361. The molecule has 0 fully saturated rings.